The second-order valence-corrected chi connectivity index (χ2v) is 6.87. The van der Waals surface area contributed by atoms with Gasteiger partial charge in [0.2, 0.25) is 0 Å². The van der Waals surface area contributed by atoms with Gasteiger partial charge in [0.15, 0.2) is 0 Å². The summed E-state index contributed by atoms with van der Waals surface area (Å²) in [5.41, 5.74) is 0.914. The van der Waals surface area contributed by atoms with Crippen molar-refractivity contribution < 1.29 is 23.5 Å². The van der Waals surface area contributed by atoms with E-state index in [-0.39, 0.29) is 11.0 Å². The van der Waals surface area contributed by atoms with Gasteiger partial charge in [-0.2, -0.15) is 0 Å². The zero-order valence-electron chi connectivity index (χ0n) is 14.3. The van der Waals surface area contributed by atoms with Gasteiger partial charge in [-0.3, -0.25) is 19.3 Å². The molecule has 2 heterocycles. The number of benzene rings is 1. The number of thioether (sulfide) groups is 1. The van der Waals surface area contributed by atoms with E-state index in [0.717, 1.165) is 22.2 Å². The van der Waals surface area contributed by atoms with E-state index in [1.165, 1.54) is 6.08 Å². The number of hydrogen-bond acceptors (Lipinski definition) is 6. The summed E-state index contributed by atoms with van der Waals surface area (Å²) in [6.45, 7) is 3.01. The van der Waals surface area contributed by atoms with Crippen LogP contribution >= 0.6 is 11.8 Å². The van der Waals surface area contributed by atoms with Gasteiger partial charge in [-0.05, 0) is 37.7 Å². The van der Waals surface area contributed by atoms with E-state index >= 15 is 0 Å². The molecule has 0 spiro atoms. The fourth-order valence-corrected chi connectivity index (χ4v) is 3.20. The first-order valence-electron chi connectivity index (χ1n) is 8.04. The summed E-state index contributed by atoms with van der Waals surface area (Å²) >= 11 is 0.773. The Bertz CT molecular complexity index is 869. The minimum absolute atomic E-state index is 0.210. The summed E-state index contributed by atoms with van der Waals surface area (Å²) < 4.78 is 10.7. The van der Waals surface area contributed by atoms with E-state index in [4.69, 9.17) is 9.15 Å². The second-order valence-electron chi connectivity index (χ2n) is 5.87. The molecule has 1 fully saturated rings. The predicted molar refractivity (Wildman–Crippen MR) is 98.0 cm³/mol. The molecular formula is C19H17NO5S. The molecular weight excluding hydrogens is 354 g/mol. The molecule has 0 bridgehead atoms. The molecule has 0 saturated carbocycles. The largest absolute Gasteiger partial charge is 0.462 e. The first-order chi connectivity index (χ1) is 12.4. The number of rotatable bonds is 5. The summed E-state index contributed by atoms with van der Waals surface area (Å²) in [5.74, 6) is -0.0259. The highest BCUT2D eigenvalue weighted by molar-refractivity contribution is 8.18. The van der Waals surface area contributed by atoms with Crippen LogP contribution in [0.25, 0.3) is 17.4 Å². The molecule has 3 rings (SSSR count). The molecule has 1 aliphatic heterocycles. The maximum absolute atomic E-state index is 12.4. The monoisotopic (exact) mass is 371 g/mol. The zero-order chi connectivity index (χ0) is 18.7. The van der Waals surface area contributed by atoms with Crippen LogP contribution in [0.1, 0.15) is 19.6 Å². The summed E-state index contributed by atoms with van der Waals surface area (Å²) in [5, 5.41) is -0.503. The summed E-state index contributed by atoms with van der Waals surface area (Å²) in [6.07, 6.45) is 1.20. The lowest BCUT2D eigenvalue weighted by Gasteiger charge is -2.13. The molecule has 6 nitrogen and oxygen atoms in total. The molecule has 1 aromatic carbocycles. The molecule has 0 N–H and O–H groups in total. The molecule has 0 aliphatic carbocycles. The van der Waals surface area contributed by atoms with Gasteiger partial charge in [0, 0.05) is 11.6 Å². The van der Waals surface area contributed by atoms with E-state index in [1.807, 2.05) is 30.3 Å². The maximum Gasteiger partial charge on any atom is 0.326 e. The van der Waals surface area contributed by atoms with Gasteiger partial charge in [-0.25, -0.2) is 0 Å². The summed E-state index contributed by atoms with van der Waals surface area (Å²) in [7, 11) is 0. The average molecular weight is 371 g/mol. The first-order valence-corrected chi connectivity index (χ1v) is 8.86. The Labute approximate surface area is 154 Å². The third-order valence-corrected chi connectivity index (χ3v) is 4.39. The topological polar surface area (TPSA) is 76.8 Å². The third kappa shape index (κ3) is 4.05. The number of carbonyl (C=O) groups excluding carboxylic acids is 3. The van der Waals surface area contributed by atoms with Crippen molar-refractivity contribution in [1.82, 2.24) is 4.90 Å². The van der Waals surface area contributed by atoms with Crippen molar-refractivity contribution in [2.45, 2.75) is 20.0 Å². The number of nitrogens with zero attached hydrogens (tertiary/aromatic N) is 1. The van der Waals surface area contributed by atoms with Crippen molar-refractivity contribution in [3.05, 3.63) is 53.1 Å². The molecule has 1 aromatic heterocycles. The van der Waals surface area contributed by atoms with Crippen LogP contribution in [0.5, 0.6) is 0 Å². The average Bonchev–Trinajstić information content (AvgIpc) is 3.16. The lowest BCUT2D eigenvalue weighted by atomic mass is 10.2. The highest BCUT2D eigenvalue weighted by Gasteiger charge is 2.37. The second kappa shape index (κ2) is 7.61. The molecule has 2 amide bonds. The van der Waals surface area contributed by atoms with Gasteiger partial charge >= 0.3 is 5.97 Å². The van der Waals surface area contributed by atoms with Crippen LogP contribution in [-0.2, 0) is 14.3 Å². The normalized spacial score (nSPS) is 16.0. The number of hydrogen-bond donors (Lipinski definition) is 0. The van der Waals surface area contributed by atoms with Gasteiger partial charge in [0.25, 0.3) is 11.1 Å². The van der Waals surface area contributed by atoms with E-state index < -0.39 is 23.7 Å². The molecule has 134 valence electrons. The van der Waals surface area contributed by atoms with Crippen molar-refractivity contribution >= 4 is 35.0 Å². The van der Waals surface area contributed by atoms with Crippen LogP contribution in [0.4, 0.5) is 4.79 Å². The Kier molecular flexibility index (Phi) is 5.27. The number of imide groups is 1. The van der Waals surface area contributed by atoms with Crippen LogP contribution in [0.15, 0.2) is 51.8 Å². The number of amides is 2. The highest BCUT2D eigenvalue weighted by Crippen LogP contribution is 2.33. The van der Waals surface area contributed by atoms with E-state index in [9.17, 15) is 14.4 Å². The number of furan rings is 1. The van der Waals surface area contributed by atoms with Crippen molar-refractivity contribution in [2.75, 3.05) is 6.54 Å². The standard InChI is InChI=1S/C19H17NO5S/c1-12(2)24-17(21)11-20-18(22)16(26-19(20)23)10-14-8-9-15(25-14)13-6-4-3-5-7-13/h3-10,12H,11H2,1-2H3/b16-10+. The quantitative estimate of drug-likeness (QED) is 0.585. The van der Waals surface area contributed by atoms with Gasteiger partial charge < -0.3 is 9.15 Å². The Morgan fingerprint density at radius 2 is 1.92 bits per heavy atom. The lowest BCUT2D eigenvalue weighted by molar-refractivity contribution is -0.149. The van der Waals surface area contributed by atoms with Gasteiger partial charge in [-0.1, -0.05) is 30.3 Å². The molecule has 0 radical (unpaired) electrons. The predicted octanol–water partition coefficient (Wildman–Crippen LogP) is 3.93. The van der Waals surface area contributed by atoms with Crippen LogP contribution in [-0.4, -0.2) is 34.7 Å². The number of esters is 1. The highest BCUT2D eigenvalue weighted by atomic mass is 32.2. The maximum atomic E-state index is 12.4. The smallest absolute Gasteiger partial charge is 0.326 e. The van der Waals surface area contributed by atoms with Crippen LogP contribution in [0.3, 0.4) is 0 Å². The van der Waals surface area contributed by atoms with Gasteiger partial charge in [0.05, 0.1) is 11.0 Å². The SMILES string of the molecule is CC(C)OC(=O)CN1C(=O)S/C(=C/c2ccc(-c3ccccc3)o2)C1=O. The minimum atomic E-state index is -0.618. The van der Waals surface area contributed by atoms with Crippen LogP contribution < -0.4 is 0 Å². The minimum Gasteiger partial charge on any atom is -0.462 e. The van der Waals surface area contributed by atoms with Crippen molar-refractivity contribution in [1.29, 1.82) is 0 Å². The molecule has 7 heteroatoms. The number of carbonyl (C=O) groups is 3. The summed E-state index contributed by atoms with van der Waals surface area (Å²) in [4.78, 5) is 37.2. The Balaban J connectivity index is 1.74. The van der Waals surface area contributed by atoms with Crippen LogP contribution in [0, 0.1) is 0 Å². The Morgan fingerprint density at radius 3 is 2.62 bits per heavy atom. The molecule has 2 aromatic rings. The van der Waals surface area contributed by atoms with Crippen molar-refractivity contribution in [2.24, 2.45) is 0 Å². The van der Waals surface area contributed by atoms with E-state index in [0.29, 0.717) is 11.5 Å². The fourth-order valence-electron chi connectivity index (χ4n) is 2.38. The zero-order valence-corrected chi connectivity index (χ0v) is 15.1. The fraction of sp³-hybridized carbons (Fsp3) is 0.211. The van der Waals surface area contributed by atoms with Gasteiger partial charge in [-0.15, -0.1) is 0 Å². The van der Waals surface area contributed by atoms with E-state index in [1.54, 1.807) is 26.0 Å². The van der Waals surface area contributed by atoms with Crippen molar-refractivity contribution in [3.63, 3.8) is 0 Å². The molecule has 0 atom stereocenters. The number of ether oxygens (including phenoxy) is 1. The van der Waals surface area contributed by atoms with Crippen LogP contribution in [0.2, 0.25) is 0 Å². The van der Waals surface area contributed by atoms with E-state index in [2.05, 4.69) is 0 Å². The first kappa shape index (κ1) is 18.0. The Morgan fingerprint density at radius 1 is 1.19 bits per heavy atom. The third-order valence-electron chi connectivity index (χ3n) is 3.49. The molecule has 26 heavy (non-hydrogen) atoms. The van der Waals surface area contributed by atoms with Crippen molar-refractivity contribution in [3.8, 4) is 11.3 Å². The van der Waals surface area contributed by atoms with Gasteiger partial charge in [0.1, 0.15) is 18.1 Å². The Hall–Kier alpha value is -2.80. The lowest BCUT2D eigenvalue weighted by Crippen LogP contribution is -2.35. The molecule has 0 unspecified atom stereocenters. The molecule has 1 aliphatic rings. The molecule has 1 saturated heterocycles. The summed E-state index contributed by atoms with van der Waals surface area (Å²) in [6, 6.07) is 13.1.